The molecule has 5 aromatic rings. The Hall–Kier alpha value is -3.88. The molecule has 1 saturated heterocycles. The highest BCUT2D eigenvalue weighted by Crippen LogP contribution is 2.33. The Bertz CT molecular complexity index is 1480. The maximum absolute atomic E-state index is 5.18. The van der Waals surface area contributed by atoms with E-state index in [1.165, 1.54) is 5.39 Å². The lowest BCUT2D eigenvalue weighted by molar-refractivity contribution is 0.213. The number of fused-ring (bicyclic) bond motifs is 2. The molecule has 5 nitrogen and oxygen atoms in total. The van der Waals surface area contributed by atoms with E-state index in [2.05, 4.69) is 73.7 Å². The van der Waals surface area contributed by atoms with Gasteiger partial charge in [0.15, 0.2) is 0 Å². The number of aromatic amines is 1. The maximum Gasteiger partial charge on any atom is 0.117 e. The van der Waals surface area contributed by atoms with Crippen molar-refractivity contribution in [3.8, 4) is 23.1 Å². The topological polar surface area (TPSA) is 49.2 Å². The molecule has 0 amide bonds. The molecule has 1 aliphatic rings. The first-order chi connectivity index (χ1) is 16.8. The molecule has 0 bridgehead atoms. The molecule has 4 heterocycles. The molecule has 0 radical (unpaired) electrons. The van der Waals surface area contributed by atoms with E-state index < -0.39 is 0 Å². The average Bonchev–Trinajstić information content (AvgIpc) is 3.52. The van der Waals surface area contributed by atoms with Gasteiger partial charge in [-0.05, 0) is 55.6 Å². The zero-order valence-electron chi connectivity index (χ0n) is 19.1. The van der Waals surface area contributed by atoms with Crippen molar-refractivity contribution >= 4 is 16.4 Å². The van der Waals surface area contributed by atoms with E-state index in [0.717, 1.165) is 72.6 Å². The van der Waals surface area contributed by atoms with Gasteiger partial charge in [-0.1, -0.05) is 42.2 Å². The van der Waals surface area contributed by atoms with Crippen molar-refractivity contribution in [3.05, 3.63) is 90.8 Å². The molecule has 5 heteroatoms. The summed E-state index contributed by atoms with van der Waals surface area (Å²) in [6.45, 7) is 3.20. The van der Waals surface area contributed by atoms with Crippen molar-refractivity contribution in [3.63, 3.8) is 0 Å². The molecule has 1 N–H and O–H groups in total. The van der Waals surface area contributed by atoms with Gasteiger partial charge < -0.3 is 9.88 Å². The summed E-state index contributed by atoms with van der Waals surface area (Å²) in [5, 5.41) is 1.21. The summed E-state index contributed by atoms with van der Waals surface area (Å²) in [5.74, 6) is 8.20. The molecule has 0 saturated carbocycles. The lowest BCUT2D eigenvalue weighted by Crippen LogP contribution is -2.34. The second-order valence-electron chi connectivity index (χ2n) is 8.96. The fourth-order valence-corrected chi connectivity index (χ4v) is 4.97. The standard InChI is InChI=1S/C29H27N5/c1-2-6-22(7-3-1)8-4-5-16-33-17-12-24(13-18-33)29-32-28(27-21-30-15-19-34(27)29)25-10-9-23-11-14-31-26(23)20-25/h1-3,6-7,9-11,14-15,19-21,24,31H,5,12-13,16-18H2. The van der Waals surface area contributed by atoms with Crippen LogP contribution in [0, 0.1) is 11.8 Å². The van der Waals surface area contributed by atoms with Gasteiger partial charge in [-0.15, -0.1) is 0 Å². The van der Waals surface area contributed by atoms with Gasteiger partial charge in [0.2, 0.25) is 0 Å². The van der Waals surface area contributed by atoms with Gasteiger partial charge in [0.25, 0.3) is 0 Å². The number of hydrogen-bond donors (Lipinski definition) is 1. The monoisotopic (exact) mass is 445 g/mol. The van der Waals surface area contributed by atoms with Gasteiger partial charge in [-0.2, -0.15) is 0 Å². The number of aromatic nitrogens is 4. The number of hydrogen-bond acceptors (Lipinski definition) is 3. The van der Waals surface area contributed by atoms with Crippen LogP contribution < -0.4 is 0 Å². The van der Waals surface area contributed by atoms with Crippen molar-refractivity contribution in [1.82, 2.24) is 24.3 Å². The summed E-state index contributed by atoms with van der Waals surface area (Å²) in [4.78, 5) is 15.4. The third kappa shape index (κ3) is 4.09. The summed E-state index contributed by atoms with van der Waals surface area (Å²) in [5.41, 5.74) is 5.43. The molecular weight excluding hydrogens is 418 g/mol. The van der Waals surface area contributed by atoms with E-state index >= 15 is 0 Å². The molecule has 3 aromatic heterocycles. The minimum Gasteiger partial charge on any atom is -0.361 e. The lowest BCUT2D eigenvalue weighted by Gasteiger charge is -2.30. The van der Waals surface area contributed by atoms with Crippen LogP contribution in [0.15, 0.2) is 79.4 Å². The highest BCUT2D eigenvalue weighted by atomic mass is 15.1. The quantitative estimate of drug-likeness (QED) is 0.372. The highest BCUT2D eigenvalue weighted by Gasteiger charge is 2.25. The Morgan fingerprint density at radius 2 is 1.91 bits per heavy atom. The molecule has 6 rings (SSSR count). The van der Waals surface area contributed by atoms with Crippen molar-refractivity contribution in [2.45, 2.75) is 25.2 Å². The molecule has 0 aliphatic carbocycles. The fraction of sp³-hybridized carbons (Fsp3) is 0.241. The first kappa shape index (κ1) is 20.7. The minimum atomic E-state index is 0.449. The van der Waals surface area contributed by atoms with Crippen LogP contribution in [-0.2, 0) is 0 Å². The average molecular weight is 446 g/mol. The Balaban J connectivity index is 1.17. The second kappa shape index (κ2) is 9.17. The summed E-state index contributed by atoms with van der Waals surface area (Å²) >= 11 is 0. The molecule has 0 atom stereocenters. The Morgan fingerprint density at radius 1 is 1.03 bits per heavy atom. The third-order valence-electron chi connectivity index (χ3n) is 6.81. The van der Waals surface area contributed by atoms with Crippen molar-refractivity contribution in [2.75, 3.05) is 19.6 Å². The molecule has 1 aliphatic heterocycles. The van der Waals surface area contributed by atoms with E-state index in [1.54, 1.807) is 0 Å². The molecule has 0 spiro atoms. The minimum absolute atomic E-state index is 0.449. The van der Waals surface area contributed by atoms with E-state index in [-0.39, 0.29) is 0 Å². The maximum atomic E-state index is 5.18. The molecule has 2 aromatic carbocycles. The van der Waals surface area contributed by atoms with Crippen LogP contribution in [0.2, 0.25) is 0 Å². The number of likely N-dealkylation sites (tertiary alicyclic amines) is 1. The Morgan fingerprint density at radius 3 is 2.79 bits per heavy atom. The SMILES string of the molecule is C(#Cc1ccccc1)CCN1CCC(c2nc(-c3ccc4cc[nH]c4c3)c3cnccn23)CC1. The van der Waals surface area contributed by atoms with Crippen LogP contribution >= 0.6 is 0 Å². The van der Waals surface area contributed by atoms with Crippen molar-refractivity contribution < 1.29 is 0 Å². The summed E-state index contributed by atoms with van der Waals surface area (Å²) in [7, 11) is 0. The van der Waals surface area contributed by atoms with E-state index in [9.17, 15) is 0 Å². The number of rotatable bonds is 4. The summed E-state index contributed by atoms with van der Waals surface area (Å²) in [6.07, 6.45) is 11.0. The van der Waals surface area contributed by atoms with Gasteiger partial charge in [0.1, 0.15) is 5.82 Å². The molecule has 34 heavy (non-hydrogen) atoms. The molecule has 0 unspecified atom stereocenters. The van der Waals surface area contributed by atoms with Crippen molar-refractivity contribution in [1.29, 1.82) is 0 Å². The largest absolute Gasteiger partial charge is 0.361 e. The zero-order valence-corrected chi connectivity index (χ0v) is 19.1. The zero-order chi connectivity index (χ0) is 22.7. The third-order valence-corrected chi connectivity index (χ3v) is 6.81. The van der Waals surface area contributed by atoms with Crippen LogP contribution in [0.25, 0.3) is 27.7 Å². The normalized spacial score (nSPS) is 14.9. The molecular formula is C29H27N5. The lowest BCUT2D eigenvalue weighted by atomic mass is 9.96. The van der Waals surface area contributed by atoms with Crippen molar-refractivity contribution in [2.24, 2.45) is 0 Å². The van der Waals surface area contributed by atoms with Crippen LogP contribution in [0.5, 0.6) is 0 Å². The molecule has 168 valence electrons. The summed E-state index contributed by atoms with van der Waals surface area (Å²) < 4.78 is 2.24. The number of piperidine rings is 1. The number of nitrogens with one attached hydrogen (secondary N) is 1. The van der Waals surface area contributed by atoms with Gasteiger partial charge >= 0.3 is 0 Å². The highest BCUT2D eigenvalue weighted by molar-refractivity contribution is 5.87. The fourth-order valence-electron chi connectivity index (χ4n) is 4.97. The predicted octanol–water partition coefficient (Wildman–Crippen LogP) is 5.50. The molecule has 1 fully saturated rings. The van der Waals surface area contributed by atoms with E-state index in [1.807, 2.05) is 36.8 Å². The second-order valence-corrected chi connectivity index (χ2v) is 8.96. The summed E-state index contributed by atoms with van der Waals surface area (Å²) in [6, 6.07) is 18.8. The van der Waals surface area contributed by atoms with E-state index in [4.69, 9.17) is 4.98 Å². The predicted molar refractivity (Wildman–Crippen MR) is 137 cm³/mol. The van der Waals surface area contributed by atoms with Crippen LogP contribution in [0.4, 0.5) is 0 Å². The van der Waals surface area contributed by atoms with Crippen LogP contribution in [-0.4, -0.2) is 43.9 Å². The number of H-pyrrole nitrogens is 1. The smallest absolute Gasteiger partial charge is 0.117 e. The first-order valence-electron chi connectivity index (χ1n) is 12.0. The van der Waals surface area contributed by atoms with Gasteiger partial charge in [-0.3, -0.25) is 9.38 Å². The van der Waals surface area contributed by atoms with Gasteiger partial charge in [0.05, 0.1) is 17.4 Å². The van der Waals surface area contributed by atoms with E-state index in [0.29, 0.717) is 5.92 Å². The van der Waals surface area contributed by atoms with Gasteiger partial charge in [-0.25, -0.2) is 4.98 Å². The van der Waals surface area contributed by atoms with Crippen LogP contribution in [0.3, 0.4) is 0 Å². The van der Waals surface area contributed by atoms with Gasteiger partial charge in [0, 0.05) is 54.1 Å². The Kier molecular flexibility index (Phi) is 5.58. The Labute approximate surface area is 199 Å². The first-order valence-corrected chi connectivity index (χ1v) is 12.0. The van der Waals surface area contributed by atoms with Crippen LogP contribution in [0.1, 0.15) is 36.6 Å². The number of nitrogens with zero attached hydrogens (tertiary/aromatic N) is 4. The number of imidazole rings is 1. The number of benzene rings is 2.